The summed E-state index contributed by atoms with van der Waals surface area (Å²) in [5.41, 5.74) is 1.97. The average Bonchev–Trinajstić information content (AvgIpc) is 2.81. The van der Waals surface area contributed by atoms with E-state index in [9.17, 15) is 9.18 Å². The smallest absolute Gasteiger partial charge is 0.255 e. The number of pyridine rings is 1. The molecule has 2 saturated heterocycles. The topological polar surface area (TPSA) is 71.0 Å². The van der Waals surface area contributed by atoms with Gasteiger partial charge in [-0.05, 0) is 68.0 Å². The van der Waals surface area contributed by atoms with E-state index in [1.54, 1.807) is 24.5 Å². The fourth-order valence-electron chi connectivity index (χ4n) is 4.81. The number of hydrogen-bond acceptors (Lipinski definition) is 5. The maximum absolute atomic E-state index is 14.1. The largest absolute Gasteiger partial charge is 0.365 e. The predicted octanol–water partition coefficient (Wildman–Crippen LogP) is 4.09. The van der Waals surface area contributed by atoms with Crippen molar-refractivity contribution < 1.29 is 9.18 Å². The summed E-state index contributed by atoms with van der Waals surface area (Å²) in [5.74, 6) is 1.05. The van der Waals surface area contributed by atoms with Crippen molar-refractivity contribution >= 4 is 11.7 Å². The number of hydrogen-bond donors (Lipinski definition) is 1. The number of aromatic nitrogens is 3. The van der Waals surface area contributed by atoms with Crippen molar-refractivity contribution in [1.82, 2.24) is 19.9 Å². The summed E-state index contributed by atoms with van der Waals surface area (Å²) in [6.07, 6.45) is 8.11. The van der Waals surface area contributed by atoms with E-state index in [-0.39, 0.29) is 18.0 Å². The van der Waals surface area contributed by atoms with Crippen LogP contribution in [0.3, 0.4) is 0 Å². The maximum atomic E-state index is 14.1. The number of anilines is 1. The van der Waals surface area contributed by atoms with Crippen LogP contribution in [0.25, 0.3) is 11.4 Å². The molecular weight excluding hydrogens is 393 g/mol. The highest BCUT2D eigenvalue weighted by atomic mass is 19.1. The van der Waals surface area contributed by atoms with Gasteiger partial charge in [0.25, 0.3) is 5.91 Å². The number of carbonyl (C=O) groups excluding carboxylic acids is 1. The molecule has 6 nitrogen and oxygen atoms in total. The van der Waals surface area contributed by atoms with E-state index in [0.717, 1.165) is 30.6 Å². The summed E-state index contributed by atoms with van der Waals surface area (Å²) in [4.78, 5) is 28.6. The molecule has 1 unspecified atom stereocenters. The number of carbonyl (C=O) groups is 1. The van der Waals surface area contributed by atoms with Crippen LogP contribution in [0.2, 0.25) is 0 Å². The Labute approximate surface area is 180 Å². The Morgan fingerprint density at radius 3 is 2.71 bits per heavy atom. The van der Waals surface area contributed by atoms with E-state index in [1.807, 2.05) is 30.2 Å². The number of aryl methyl sites for hydroxylation is 1. The van der Waals surface area contributed by atoms with Crippen molar-refractivity contribution in [1.29, 1.82) is 0 Å². The number of halogens is 1. The minimum Gasteiger partial charge on any atom is -0.365 e. The highest BCUT2D eigenvalue weighted by Gasteiger charge is 2.43. The molecule has 6 rings (SSSR count). The Bertz CT molecular complexity index is 1090. The molecule has 7 heteroatoms. The third-order valence-electron chi connectivity index (χ3n) is 6.30. The van der Waals surface area contributed by atoms with Crippen molar-refractivity contribution in [2.45, 2.75) is 38.3 Å². The van der Waals surface area contributed by atoms with E-state index >= 15 is 0 Å². The normalized spacial score (nSPS) is 22.4. The third-order valence-corrected chi connectivity index (χ3v) is 6.30. The second-order valence-corrected chi connectivity index (χ2v) is 8.44. The first kappa shape index (κ1) is 19.6. The first-order chi connectivity index (χ1) is 15.1. The van der Waals surface area contributed by atoms with Crippen LogP contribution in [-0.2, 0) is 0 Å². The van der Waals surface area contributed by atoms with E-state index in [2.05, 4.69) is 20.3 Å². The molecule has 1 saturated carbocycles. The molecule has 158 valence electrons. The van der Waals surface area contributed by atoms with Gasteiger partial charge >= 0.3 is 0 Å². The number of amides is 1. The predicted molar refractivity (Wildman–Crippen MR) is 116 cm³/mol. The van der Waals surface area contributed by atoms with Crippen LogP contribution >= 0.6 is 0 Å². The second-order valence-electron chi connectivity index (χ2n) is 8.44. The van der Waals surface area contributed by atoms with Crippen molar-refractivity contribution in [2.24, 2.45) is 5.92 Å². The summed E-state index contributed by atoms with van der Waals surface area (Å²) < 4.78 is 14.1. The zero-order chi connectivity index (χ0) is 21.4. The Hall–Kier alpha value is -3.35. The number of piperidine rings is 2. The molecule has 31 heavy (non-hydrogen) atoms. The van der Waals surface area contributed by atoms with Gasteiger partial charge in [0.15, 0.2) is 5.82 Å². The highest BCUT2D eigenvalue weighted by molar-refractivity contribution is 6.00. The SMILES string of the molecule is Cc1ccc(N[C@@H]2CC3CC[C@@H]2N(C(=O)c2cc(F)ccc2-c2ncccn2)C3)nc1. The fourth-order valence-corrected chi connectivity index (χ4v) is 4.81. The molecule has 2 bridgehead atoms. The van der Waals surface area contributed by atoms with Gasteiger partial charge in [-0.15, -0.1) is 0 Å². The summed E-state index contributed by atoms with van der Waals surface area (Å²) in [7, 11) is 0. The quantitative estimate of drug-likeness (QED) is 0.692. The standard InChI is InChI=1S/C24H24FN5O/c1-15-3-8-22(28-13-15)29-20-11-16-4-7-21(20)30(14-16)24(31)19-12-17(25)5-6-18(19)23-26-9-2-10-27-23/h2-3,5-6,8-10,12-13,16,20-21H,4,7,11,14H2,1H3,(H,28,29)/t16?,20-,21+/m1/s1. The average molecular weight is 417 g/mol. The first-order valence-corrected chi connectivity index (χ1v) is 10.7. The van der Waals surface area contributed by atoms with Crippen LogP contribution in [-0.4, -0.2) is 44.4 Å². The van der Waals surface area contributed by atoms with Gasteiger partial charge in [-0.25, -0.2) is 19.3 Å². The molecular formula is C24H24FN5O. The summed E-state index contributed by atoms with van der Waals surface area (Å²) in [6.45, 7) is 2.70. The van der Waals surface area contributed by atoms with Gasteiger partial charge in [0.1, 0.15) is 11.6 Å². The highest BCUT2D eigenvalue weighted by Crippen LogP contribution is 2.38. The van der Waals surface area contributed by atoms with Gasteiger partial charge in [0.05, 0.1) is 11.6 Å². The van der Waals surface area contributed by atoms with Gasteiger partial charge in [-0.2, -0.15) is 0 Å². The van der Waals surface area contributed by atoms with Gasteiger partial charge < -0.3 is 10.2 Å². The van der Waals surface area contributed by atoms with Crippen LogP contribution < -0.4 is 5.32 Å². The van der Waals surface area contributed by atoms with E-state index in [4.69, 9.17) is 0 Å². The molecule has 1 N–H and O–H groups in total. The lowest BCUT2D eigenvalue weighted by Crippen LogP contribution is -2.59. The van der Waals surface area contributed by atoms with Crippen molar-refractivity contribution in [3.8, 4) is 11.4 Å². The third kappa shape index (κ3) is 3.87. The Morgan fingerprint density at radius 2 is 1.97 bits per heavy atom. The number of nitrogens with one attached hydrogen (secondary N) is 1. The van der Waals surface area contributed by atoms with E-state index in [1.165, 1.54) is 12.1 Å². The lowest BCUT2D eigenvalue weighted by atomic mass is 9.76. The minimum atomic E-state index is -0.441. The maximum Gasteiger partial charge on any atom is 0.255 e. The van der Waals surface area contributed by atoms with Crippen molar-refractivity contribution in [2.75, 3.05) is 11.9 Å². The van der Waals surface area contributed by atoms with Crippen LogP contribution in [0, 0.1) is 18.7 Å². The number of rotatable bonds is 4. The number of fused-ring (bicyclic) bond motifs is 3. The summed E-state index contributed by atoms with van der Waals surface area (Å²) in [6, 6.07) is 10.1. The molecule has 2 aromatic heterocycles. The molecule has 0 spiro atoms. The molecule has 3 fully saturated rings. The summed E-state index contributed by atoms with van der Waals surface area (Å²) >= 11 is 0. The molecule has 0 radical (unpaired) electrons. The van der Waals surface area contributed by atoms with E-state index < -0.39 is 5.82 Å². The lowest BCUT2D eigenvalue weighted by Gasteiger charge is -2.50. The van der Waals surface area contributed by atoms with Gasteiger partial charge in [-0.1, -0.05) is 6.07 Å². The zero-order valence-electron chi connectivity index (χ0n) is 17.3. The minimum absolute atomic E-state index is 0.0356. The van der Waals surface area contributed by atoms with Gasteiger partial charge in [-0.3, -0.25) is 4.79 Å². The van der Waals surface area contributed by atoms with Crippen LogP contribution in [0.5, 0.6) is 0 Å². The lowest BCUT2D eigenvalue weighted by molar-refractivity contribution is 0.0282. The monoisotopic (exact) mass is 417 g/mol. The van der Waals surface area contributed by atoms with Crippen LogP contribution in [0.1, 0.15) is 35.2 Å². The van der Waals surface area contributed by atoms with Crippen molar-refractivity contribution in [3.63, 3.8) is 0 Å². The molecule has 3 atom stereocenters. The molecule has 4 heterocycles. The molecule has 3 aliphatic rings. The van der Waals surface area contributed by atoms with Gasteiger partial charge in [0.2, 0.25) is 0 Å². The molecule has 2 aliphatic heterocycles. The summed E-state index contributed by atoms with van der Waals surface area (Å²) in [5, 5.41) is 3.53. The Balaban J connectivity index is 1.44. The van der Waals surface area contributed by atoms with E-state index in [0.29, 0.717) is 29.4 Å². The first-order valence-electron chi connectivity index (χ1n) is 10.7. The molecule has 1 aromatic carbocycles. The Morgan fingerprint density at radius 1 is 1.13 bits per heavy atom. The fraction of sp³-hybridized carbons (Fsp3) is 0.333. The number of benzene rings is 1. The number of nitrogens with zero attached hydrogens (tertiary/aromatic N) is 4. The molecule has 1 amide bonds. The molecule has 3 aromatic rings. The van der Waals surface area contributed by atoms with Gasteiger partial charge in [0, 0.05) is 36.7 Å². The molecule has 1 aliphatic carbocycles. The zero-order valence-corrected chi connectivity index (χ0v) is 17.3. The second kappa shape index (κ2) is 8.06. The van der Waals surface area contributed by atoms with Crippen LogP contribution in [0.4, 0.5) is 10.2 Å². The Kier molecular flexibility index (Phi) is 5.10. The van der Waals surface area contributed by atoms with Crippen molar-refractivity contribution in [3.05, 3.63) is 71.9 Å². The van der Waals surface area contributed by atoms with Crippen LogP contribution in [0.15, 0.2) is 55.0 Å².